The number of aromatic nitrogens is 2. The summed E-state index contributed by atoms with van der Waals surface area (Å²) >= 11 is 1.67. The number of nitrogens with zero attached hydrogens (tertiary/aromatic N) is 1. The number of carbonyl (C=O) groups excluding carboxylic acids is 1. The number of carbonyl (C=O) groups is 1. The summed E-state index contributed by atoms with van der Waals surface area (Å²) in [5, 5.41) is 3.67. The van der Waals surface area contributed by atoms with Crippen molar-refractivity contribution < 1.29 is 4.79 Å². The number of hydrogen-bond donors (Lipinski definition) is 3. The third kappa shape index (κ3) is 3.17. The van der Waals surface area contributed by atoms with Crippen LogP contribution in [0.15, 0.2) is 36.5 Å². The Hall–Kier alpha value is -2.47. The number of nitrogens with one attached hydrogen (secondary N) is 3. The Balaban J connectivity index is 2.08. The van der Waals surface area contributed by atoms with E-state index in [0.29, 0.717) is 12.2 Å². The molecule has 3 N–H and O–H groups in total. The zero-order valence-electron chi connectivity index (χ0n) is 13.0. The monoisotopic (exact) mass is 326 g/mol. The molecule has 1 amide bonds. The van der Waals surface area contributed by atoms with Gasteiger partial charge >= 0.3 is 0 Å². The van der Waals surface area contributed by atoms with Crippen LogP contribution in [0, 0.1) is 6.92 Å². The summed E-state index contributed by atoms with van der Waals surface area (Å²) in [6, 6.07) is 10.2. The van der Waals surface area contributed by atoms with Crippen LogP contribution in [0.3, 0.4) is 0 Å². The highest BCUT2D eigenvalue weighted by Gasteiger charge is 2.11. The predicted molar refractivity (Wildman–Crippen MR) is 97.7 cm³/mol. The summed E-state index contributed by atoms with van der Waals surface area (Å²) in [5.41, 5.74) is 5.18. The maximum absolute atomic E-state index is 10.7. The highest BCUT2D eigenvalue weighted by atomic mass is 32.2. The van der Waals surface area contributed by atoms with E-state index in [1.807, 2.05) is 18.3 Å². The molecule has 0 aliphatic rings. The van der Waals surface area contributed by atoms with Crippen LogP contribution in [0.4, 0.5) is 11.5 Å². The SMILES string of the molecule is CCSNc1ccc(-c2cc(NC=O)nc3[nH]ccc23)c(C)c1. The molecule has 0 saturated carbocycles. The van der Waals surface area contributed by atoms with Crippen molar-refractivity contribution in [2.75, 3.05) is 15.8 Å². The standard InChI is InChI=1S/C17H18N4OS/c1-3-23-21-12-4-5-13(11(2)8-12)15-9-16(19-10-22)20-17-14(15)6-7-18-17/h4-10,21H,3H2,1-2H3,(H2,18,19,20,22). The lowest BCUT2D eigenvalue weighted by molar-refractivity contribution is -0.105. The second-order valence-corrected chi connectivity index (χ2v) is 6.19. The summed E-state index contributed by atoms with van der Waals surface area (Å²) in [6.07, 6.45) is 2.50. The van der Waals surface area contributed by atoms with Gasteiger partial charge in [0.1, 0.15) is 11.5 Å². The molecule has 1 aromatic carbocycles. The van der Waals surface area contributed by atoms with Crippen LogP contribution < -0.4 is 10.0 Å². The van der Waals surface area contributed by atoms with Gasteiger partial charge in [0.05, 0.1) is 0 Å². The average molecular weight is 326 g/mol. The van der Waals surface area contributed by atoms with E-state index in [1.165, 1.54) is 0 Å². The third-order valence-corrected chi connectivity index (χ3v) is 4.26. The van der Waals surface area contributed by atoms with Gasteiger partial charge in [-0.1, -0.05) is 24.9 Å². The van der Waals surface area contributed by atoms with Gasteiger partial charge in [-0.15, -0.1) is 0 Å². The number of rotatable bonds is 6. The van der Waals surface area contributed by atoms with Gasteiger partial charge in [0.15, 0.2) is 0 Å². The molecule has 3 rings (SSSR count). The summed E-state index contributed by atoms with van der Waals surface area (Å²) in [7, 11) is 0. The predicted octanol–water partition coefficient (Wildman–Crippen LogP) is 4.19. The zero-order chi connectivity index (χ0) is 16.2. The number of hydrogen-bond acceptors (Lipinski definition) is 4. The lowest BCUT2D eigenvalue weighted by atomic mass is 9.98. The molecule has 118 valence electrons. The van der Waals surface area contributed by atoms with Crippen molar-refractivity contribution in [1.29, 1.82) is 0 Å². The zero-order valence-corrected chi connectivity index (χ0v) is 13.8. The van der Waals surface area contributed by atoms with Crippen molar-refractivity contribution >= 4 is 40.9 Å². The van der Waals surface area contributed by atoms with Crippen LogP contribution in [0.1, 0.15) is 12.5 Å². The quantitative estimate of drug-likeness (QED) is 0.469. The van der Waals surface area contributed by atoms with Crippen LogP contribution in [0.25, 0.3) is 22.2 Å². The Morgan fingerprint density at radius 3 is 2.87 bits per heavy atom. The highest BCUT2D eigenvalue weighted by Crippen LogP contribution is 2.33. The number of aromatic amines is 1. The first-order valence-corrected chi connectivity index (χ1v) is 8.38. The molecule has 0 atom stereocenters. The summed E-state index contributed by atoms with van der Waals surface area (Å²) < 4.78 is 3.32. The Morgan fingerprint density at radius 2 is 2.13 bits per heavy atom. The fraction of sp³-hybridized carbons (Fsp3) is 0.176. The van der Waals surface area contributed by atoms with E-state index in [2.05, 4.69) is 52.1 Å². The van der Waals surface area contributed by atoms with Gasteiger partial charge in [-0.2, -0.15) is 0 Å². The van der Waals surface area contributed by atoms with Gasteiger partial charge < -0.3 is 15.0 Å². The number of fused-ring (bicyclic) bond motifs is 1. The maximum atomic E-state index is 10.7. The normalized spacial score (nSPS) is 10.7. The number of H-pyrrole nitrogens is 1. The molecule has 0 aliphatic carbocycles. The van der Waals surface area contributed by atoms with E-state index in [0.717, 1.165) is 39.2 Å². The van der Waals surface area contributed by atoms with Gasteiger partial charge in [0, 0.05) is 23.0 Å². The van der Waals surface area contributed by atoms with Crippen molar-refractivity contribution in [3.63, 3.8) is 0 Å². The molecule has 0 aliphatic heterocycles. The molecule has 0 fully saturated rings. The molecule has 0 unspecified atom stereocenters. The topological polar surface area (TPSA) is 69.8 Å². The summed E-state index contributed by atoms with van der Waals surface area (Å²) in [4.78, 5) is 18.2. The van der Waals surface area contributed by atoms with E-state index in [1.54, 1.807) is 11.9 Å². The van der Waals surface area contributed by atoms with Gasteiger partial charge in [-0.05, 0) is 47.9 Å². The Labute approximate surface area is 139 Å². The first-order chi connectivity index (χ1) is 11.2. The second kappa shape index (κ2) is 6.75. The van der Waals surface area contributed by atoms with E-state index in [4.69, 9.17) is 0 Å². The second-order valence-electron chi connectivity index (χ2n) is 5.12. The van der Waals surface area contributed by atoms with Crippen LogP contribution in [-0.4, -0.2) is 22.1 Å². The van der Waals surface area contributed by atoms with Crippen molar-refractivity contribution in [1.82, 2.24) is 9.97 Å². The number of aryl methyl sites for hydroxylation is 1. The van der Waals surface area contributed by atoms with Gasteiger partial charge in [0.25, 0.3) is 0 Å². The molecule has 5 nitrogen and oxygen atoms in total. The van der Waals surface area contributed by atoms with Gasteiger partial charge in [0.2, 0.25) is 6.41 Å². The Bertz CT molecular complexity index is 844. The lowest BCUT2D eigenvalue weighted by Gasteiger charge is -2.12. The van der Waals surface area contributed by atoms with Crippen LogP contribution >= 0.6 is 11.9 Å². The van der Waals surface area contributed by atoms with E-state index >= 15 is 0 Å². The minimum absolute atomic E-state index is 0.535. The number of amides is 1. The number of benzene rings is 1. The van der Waals surface area contributed by atoms with Crippen molar-refractivity contribution in [3.05, 3.63) is 42.1 Å². The van der Waals surface area contributed by atoms with Crippen LogP contribution in [-0.2, 0) is 4.79 Å². The molecule has 2 heterocycles. The first kappa shape index (κ1) is 15.4. The van der Waals surface area contributed by atoms with Crippen molar-refractivity contribution in [2.24, 2.45) is 0 Å². The molecule has 2 aromatic heterocycles. The maximum Gasteiger partial charge on any atom is 0.212 e. The molecule has 0 radical (unpaired) electrons. The number of anilines is 2. The molecule has 23 heavy (non-hydrogen) atoms. The van der Waals surface area contributed by atoms with E-state index < -0.39 is 0 Å². The Morgan fingerprint density at radius 1 is 1.26 bits per heavy atom. The fourth-order valence-electron chi connectivity index (χ4n) is 2.58. The van der Waals surface area contributed by atoms with Gasteiger partial charge in [-0.25, -0.2) is 4.98 Å². The fourth-order valence-corrected chi connectivity index (χ4v) is 3.02. The summed E-state index contributed by atoms with van der Waals surface area (Å²) in [5.74, 6) is 1.55. The lowest BCUT2D eigenvalue weighted by Crippen LogP contribution is -1.98. The highest BCUT2D eigenvalue weighted by molar-refractivity contribution is 8.00. The van der Waals surface area contributed by atoms with Crippen LogP contribution in [0.5, 0.6) is 0 Å². The largest absolute Gasteiger partial charge is 0.346 e. The molecular formula is C17H18N4OS. The van der Waals surface area contributed by atoms with Gasteiger partial charge in [-0.3, -0.25) is 4.79 Å². The van der Waals surface area contributed by atoms with E-state index in [-0.39, 0.29) is 0 Å². The minimum atomic E-state index is 0.535. The van der Waals surface area contributed by atoms with E-state index in [9.17, 15) is 4.79 Å². The third-order valence-electron chi connectivity index (χ3n) is 3.59. The molecule has 0 spiro atoms. The molecule has 3 aromatic rings. The smallest absolute Gasteiger partial charge is 0.212 e. The average Bonchev–Trinajstić information content (AvgIpc) is 3.01. The minimum Gasteiger partial charge on any atom is -0.346 e. The van der Waals surface area contributed by atoms with Crippen molar-refractivity contribution in [3.8, 4) is 11.1 Å². The molecular weight excluding hydrogens is 308 g/mol. The van der Waals surface area contributed by atoms with Crippen molar-refractivity contribution in [2.45, 2.75) is 13.8 Å². The first-order valence-electron chi connectivity index (χ1n) is 7.40. The summed E-state index contributed by atoms with van der Waals surface area (Å²) in [6.45, 7) is 4.20. The Kier molecular flexibility index (Phi) is 4.52. The molecule has 6 heteroatoms. The number of pyridine rings is 1. The molecule has 0 saturated heterocycles. The molecule has 0 bridgehead atoms. The van der Waals surface area contributed by atoms with Crippen LogP contribution in [0.2, 0.25) is 0 Å².